The van der Waals surface area contributed by atoms with Gasteiger partial charge in [-0.3, -0.25) is 0 Å². The molecular weight excluding hydrogens is 456 g/mol. The largest absolute Gasteiger partial charge is 0.507 e. The maximum atomic E-state index is 11.8. The van der Waals surface area contributed by atoms with E-state index in [9.17, 15) is 5.11 Å². The Kier molecular flexibility index (Phi) is 6.51. The first-order valence-electron chi connectivity index (χ1n) is 12.8. The predicted octanol–water partition coefficient (Wildman–Crippen LogP) is 7.87. The van der Waals surface area contributed by atoms with Crippen molar-refractivity contribution in [2.45, 2.75) is 52.8 Å². The van der Waals surface area contributed by atoms with E-state index < -0.39 is 6.23 Å². The molecule has 0 bridgehead atoms. The van der Waals surface area contributed by atoms with Crippen LogP contribution in [-0.2, 0) is 16.8 Å². The quantitative estimate of drug-likeness (QED) is 0.310. The van der Waals surface area contributed by atoms with Crippen LogP contribution in [0.3, 0.4) is 0 Å². The molecule has 1 N–H and O–H groups in total. The average molecular weight is 491 g/mol. The summed E-state index contributed by atoms with van der Waals surface area (Å²) in [5, 5.41) is 16.3. The lowest BCUT2D eigenvalue weighted by molar-refractivity contribution is 0.00583. The van der Waals surface area contributed by atoms with Gasteiger partial charge in [0, 0.05) is 17.7 Å². The van der Waals surface area contributed by atoms with Gasteiger partial charge >= 0.3 is 0 Å². The number of benzene rings is 4. The second-order valence-corrected chi connectivity index (χ2v) is 10.9. The molecule has 1 unspecified atom stereocenters. The summed E-state index contributed by atoms with van der Waals surface area (Å²) in [7, 11) is 0. The summed E-state index contributed by atoms with van der Waals surface area (Å²) in [6.45, 7) is 11.3. The molecule has 1 aliphatic rings. The minimum Gasteiger partial charge on any atom is -0.507 e. The van der Waals surface area contributed by atoms with Crippen LogP contribution >= 0.6 is 0 Å². The fourth-order valence-corrected chi connectivity index (χ4v) is 4.91. The number of phenolic OH excluding ortho intramolecular Hbond substituents is 1. The number of aryl methyl sites for hydroxylation is 2. The summed E-state index contributed by atoms with van der Waals surface area (Å²) in [6, 6.07) is 31.0. The Balaban J connectivity index is 1.67. The molecule has 4 aromatic rings. The van der Waals surface area contributed by atoms with Gasteiger partial charge in [-0.25, -0.2) is 0 Å². The van der Waals surface area contributed by atoms with Crippen LogP contribution in [0.1, 0.15) is 60.4 Å². The van der Waals surface area contributed by atoms with Gasteiger partial charge in [-0.05, 0) is 48.1 Å². The van der Waals surface area contributed by atoms with Gasteiger partial charge in [0.2, 0.25) is 6.23 Å². The van der Waals surface area contributed by atoms with Crippen molar-refractivity contribution in [3.8, 4) is 16.9 Å². The van der Waals surface area contributed by atoms with E-state index in [0.29, 0.717) is 17.9 Å². The molecule has 1 heterocycles. The average Bonchev–Trinajstić information content (AvgIpc) is 3.27. The first-order chi connectivity index (χ1) is 17.7. The number of rotatable bonds is 5. The molecule has 37 heavy (non-hydrogen) atoms. The van der Waals surface area contributed by atoms with Crippen molar-refractivity contribution in [2.75, 3.05) is 0 Å². The molecule has 0 aliphatic carbocycles. The molecular formula is C33H34N2O2. The third kappa shape index (κ3) is 5.10. The van der Waals surface area contributed by atoms with Crippen LogP contribution in [0, 0.1) is 13.8 Å². The fourth-order valence-electron chi connectivity index (χ4n) is 4.91. The zero-order valence-corrected chi connectivity index (χ0v) is 22.2. The molecule has 0 radical (unpaired) electrons. The van der Waals surface area contributed by atoms with E-state index in [1.807, 2.05) is 48.5 Å². The third-order valence-electron chi connectivity index (χ3n) is 6.82. The van der Waals surface area contributed by atoms with E-state index in [2.05, 4.69) is 87.1 Å². The number of amidine groups is 1. The van der Waals surface area contributed by atoms with Gasteiger partial charge in [-0.2, -0.15) is 0 Å². The Morgan fingerprint density at radius 3 is 2.03 bits per heavy atom. The van der Waals surface area contributed by atoms with Gasteiger partial charge in [-0.15, -0.1) is 0 Å². The van der Waals surface area contributed by atoms with Gasteiger partial charge in [0.15, 0.2) is 5.84 Å². The van der Waals surface area contributed by atoms with Crippen molar-refractivity contribution in [3.05, 3.63) is 124 Å². The van der Waals surface area contributed by atoms with Gasteiger partial charge in [-0.1, -0.05) is 116 Å². The molecule has 5 rings (SSSR count). The topological polar surface area (TPSA) is 45.1 Å². The van der Waals surface area contributed by atoms with Crippen molar-refractivity contribution >= 4 is 5.84 Å². The lowest BCUT2D eigenvalue weighted by Gasteiger charge is -2.28. The van der Waals surface area contributed by atoms with Crippen LogP contribution in [0.4, 0.5) is 0 Å². The van der Waals surface area contributed by atoms with Gasteiger partial charge in [0.1, 0.15) is 5.75 Å². The molecule has 188 valence electrons. The third-order valence-corrected chi connectivity index (χ3v) is 6.82. The Hall–Kier alpha value is -4.05. The van der Waals surface area contributed by atoms with E-state index >= 15 is 0 Å². The molecule has 4 nitrogen and oxygen atoms in total. The molecule has 1 atom stereocenters. The number of aromatic hydroxyl groups is 1. The van der Waals surface area contributed by atoms with Crippen molar-refractivity contribution in [1.29, 1.82) is 0 Å². The van der Waals surface area contributed by atoms with Gasteiger partial charge in [0.05, 0.1) is 5.56 Å². The van der Waals surface area contributed by atoms with E-state index in [0.717, 1.165) is 38.9 Å². The van der Waals surface area contributed by atoms with E-state index in [1.54, 1.807) is 0 Å². The fraction of sp³-hybridized carbons (Fsp3) is 0.242. The number of oxime groups is 1. The van der Waals surface area contributed by atoms with E-state index in [4.69, 9.17) is 4.84 Å². The summed E-state index contributed by atoms with van der Waals surface area (Å²) < 4.78 is 0. The van der Waals surface area contributed by atoms with Crippen LogP contribution in [0.2, 0.25) is 0 Å². The SMILES string of the molecule is Cc1cc(C)cc(-c2cc(C(C)(C)C)cc(C3=NOC(c4ccccc4)N3Cc3ccccc3)c2O)c1. The summed E-state index contributed by atoms with van der Waals surface area (Å²) >= 11 is 0. The zero-order chi connectivity index (χ0) is 26.2. The number of phenols is 1. The molecule has 0 amide bonds. The highest BCUT2D eigenvalue weighted by Gasteiger charge is 2.35. The minimum atomic E-state index is -0.390. The molecule has 0 aromatic heterocycles. The van der Waals surface area contributed by atoms with Gasteiger partial charge in [0.25, 0.3) is 0 Å². The van der Waals surface area contributed by atoms with Crippen LogP contribution < -0.4 is 0 Å². The van der Waals surface area contributed by atoms with Crippen LogP contribution in [0.25, 0.3) is 11.1 Å². The molecule has 4 heteroatoms. The van der Waals surface area contributed by atoms with Crippen molar-refractivity contribution in [2.24, 2.45) is 5.16 Å². The Labute approximate surface area is 219 Å². The highest BCUT2D eigenvalue weighted by Crippen LogP contribution is 2.41. The maximum Gasteiger partial charge on any atom is 0.227 e. The Bertz CT molecular complexity index is 1420. The Morgan fingerprint density at radius 1 is 0.811 bits per heavy atom. The predicted molar refractivity (Wildman–Crippen MR) is 151 cm³/mol. The number of nitrogens with zero attached hydrogens (tertiary/aromatic N) is 2. The molecule has 0 saturated carbocycles. The molecule has 0 fully saturated rings. The highest BCUT2D eigenvalue weighted by molar-refractivity contribution is 6.03. The standard InChI is InChI=1S/C33H34N2O2/c1-22-16-23(2)18-26(17-22)28-19-27(33(3,4)5)20-29(30(28)36)31-34-37-32(25-14-10-7-11-15-25)35(31)21-24-12-8-6-9-13-24/h6-20,32,36H,21H2,1-5H3. The maximum absolute atomic E-state index is 11.8. The van der Waals surface area contributed by atoms with Crippen molar-refractivity contribution in [3.63, 3.8) is 0 Å². The highest BCUT2D eigenvalue weighted by atomic mass is 16.7. The lowest BCUT2D eigenvalue weighted by Crippen LogP contribution is -2.31. The normalized spacial score (nSPS) is 15.4. The van der Waals surface area contributed by atoms with Crippen molar-refractivity contribution < 1.29 is 9.94 Å². The van der Waals surface area contributed by atoms with E-state index in [1.165, 1.54) is 0 Å². The lowest BCUT2D eigenvalue weighted by atomic mass is 9.83. The van der Waals surface area contributed by atoms with Gasteiger partial charge < -0.3 is 14.8 Å². The van der Waals surface area contributed by atoms with Crippen LogP contribution in [0.5, 0.6) is 5.75 Å². The summed E-state index contributed by atoms with van der Waals surface area (Å²) in [4.78, 5) is 8.19. The number of hydrogen-bond acceptors (Lipinski definition) is 4. The molecule has 0 spiro atoms. The first kappa shape index (κ1) is 24.6. The summed E-state index contributed by atoms with van der Waals surface area (Å²) in [5.74, 6) is 0.846. The summed E-state index contributed by atoms with van der Waals surface area (Å²) in [5.41, 5.74) is 7.95. The second-order valence-electron chi connectivity index (χ2n) is 10.9. The first-order valence-corrected chi connectivity index (χ1v) is 12.8. The molecule has 1 aliphatic heterocycles. The molecule has 4 aromatic carbocycles. The smallest absolute Gasteiger partial charge is 0.227 e. The minimum absolute atomic E-state index is 0.126. The van der Waals surface area contributed by atoms with E-state index in [-0.39, 0.29) is 11.2 Å². The summed E-state index contributed by atoms with van der Waals surface area (Å²) in [6.07, 6.45) is -0.390. The Morgan fingerprint density at radius 2 is 1.41 bits per heavy atom. The molecule has 0 saturated heterocycles. The monoisotopic (exact) mass is 490 g/mol. The number of hydrogen-bond donors (Lipinski definition) is 1. The van der Waals surface area contributed by atoms with Crippen molar-refractivity contribution in [1.82, 2.24) is 4.90 Å². The van der Waals surface area contributed by atoms with Crippen LogP contribution in [-0.4, -0.2) is 15.8 Å². The zero-order valence-electron chi connectivity index (χ0n) is 22.2. The van der Waals surface area contributed by atoms with Crippen LogP contribution in [0.15, 0.2) is 96.2 Å². The second kappa shape index (κ2) is 9.78.